The van der Waals surface area contributed by atoms with Crippen molar-refractivity contribution in [1.82, 2.24) is 24.9 Å². The molecule has 0 saturated carbocycles. The van der Waals surface area contributed by atoms with E-state index in [0.29, 0.717) is 6.54 Å². The van der Waals surface area contributed by atoms with Crippen molar-refractivity contribution in [2.75, 3.05) is 6.54 Å². The highest BCUT2D eigenvalue weighted by molar-refractivity contribution is 5.75. The fourth-order valence-corrected chi connectivity index (χ4v) is 1.80. The number of nitrogens with one attached hydrogen (secondary N) is 1. The molecule has 0 aliphatic carbocycles. The van der Waals surface area contributed by atoms with Crippen molar-refractivity contribution in [3.05, 3.63) is 40.3 Å². The Balaban J connectivity index is 1.68. The molecule has 1 amide bonds. The van der Waals surface area contributed by atoms with Crippen LogP contribution in [0.2, 0.25) is 0 Å². The number of nitrogens with zero attached hydrogens (tertiary/aromatic N) is 5. The molecule has 21 heavy (non-hydrogen) atoms. The molecule has 2 rings (SSSR count). The Morgan fingerprint density at radius 3 is 2.90 bits per heavy atom. The molecule has 0 unspecified atom stereocenters. The third kappa shape index (κ3) is 4.41. The maximum Gasteiger partial charge on any atom is 0.389 e. The first-order valence-electron chi connectivity index (χ1n) is 6.48. The Kier molecular flexibility index (Phi) is 4.64. The first-order valence-corrected chi connectivity index (χ1v) is 6.48. The largest absolute Gasteiger partial charge is 0.389 e. The summed E-state index contributed by atoms with van der Waals surface area (Å²) in [4.78, 5) is 21.5. The van der Waals surface area contributed by atoms with Gasteiger partial charge in [-0.25, -0.2) is 0 Å². The SMILES string of the molecule is Cc1cnn(CCCNC(=O)Cn2ccc([N+](=O)[O-])n2)c1. The van der Waals surface area contributed by atoms with Gasteiger partial charge < -0.3 is 15.4 Å². The monoisotopic (exact) mass is 292 g/mol. The van der Waals surface area contributed by atoms with Gasteiger partial charge in [0.25, 0.3) is 0 Å². The molecule has 2 aromatic heterocycles. The molecule has 2 heterocycles. The Bertz CT molecular complexity index is 632. The number of aryl methyl sites for hydroxylation is 2. The zero-order chi connectivity index (χ0) is 15.2. The minimum Gasteiger partial charge on any atom is -0.358 e. The summed E-state index contributed by atoms with van der Waals surface area (Å²) in [6, 6.07) is 1.26. The lowest BCUT2D eigenvalue weighted by Gasteiger charge is -2.04. The van der Waals surface area contributed by atoms with Gasteiger partial charge in [-0.1, -0.05) is 0 Å². The van der Waals surface area contributed by atoms with Crippen LogP contribution in [0.25, 0.3) is 0 Å². The number of carbonyl (C=O) groups excluding carboxylic acids is 1. The number of carbonyl (C=O) groups is 1. The van der Waals surface area contributed by atoms with Crippen molar-refractivity contribution in [1.29, 1.82) is 0 Å². The Labute approximate surface area is 120 Å². The van der Waals surface area contributed by atoms with Gasteiger partial charge in [-0.15, -0.1) is 0 Å². The van der Waals surface area contributed by atoms with E-state index in [1.165, 1.54) is 16.9 Å². The molecule has 9 heteroatoms. The maximum absolute atomic E-state index is 11.6. The molecule has 112 valence electrons. The normalized spacial score (nSPS) is 10.5. The van der Waals surface area contributed by atoms with Gasteiger partial charge in [0.2, 0.25) is 5.91 Å². The molecule has 1 N–H and O–H groups in total. The van der Waals surface area contributed by atoms with Crippen molar-refractivity contribution in [3.63, 3.8) is 0 Å². The molecule has 0 bridgehead atoms. The summed E-state index contributed by atoms with van der Waals surface area (Å²) >= 11 is 0. The van der Waals surface area contributed by atoms with E-state index >= 15 is 0 Å². The summed E-state index contributed by atoms with van der Waals surface area (Å²) in [6.07, 6.45) is 5.88. The molecule has 2 aromatic rings. The number of nitro groups is 1. The molecule has 9 nitrogen and oxygen atoms in total. The summed E-state index contributed by atoms with van der Waals surface area (Å²) in [5.74, 6) is -0.499. The van der Waals surface area contributed by atoms with Crippen LogP contribution in [0.5, 0.6) is 0 Å². The van der Waals surface area contributed by atoms with Gasteiger partial charge >= 0.3 is 5.82 Å². The fourth-order valence-electron chi connectivity index (χ4n) is 1.80. The van der Waals surface area contributed by atoms with Crippen molar-refractivity contribution in [3.8, 4) is 0 Å². The Hall–Kier alpha value is -2.71. The average molecular weight is 292 g/mol. The van der Waals surface area contributed by atoms with Gasteiger partial charge in [-0.2, -0.15) is 9.78 Å². The van der Waals surface area contributed by atoms with Crippen LogP contribution in [-0.2, 0) is 17.9 Å². The second kappa shape index (κ2) is 6.64. The molecule has 0 aromatic carbocycles. The van der Waals surface area contributed by atoms with E-state index < -0.39 is 4.92 Å². The van der Waals surface area contributed by atoms with E-state index in [0.717, 1.165) is 18.5 Å². The van der Waals surface area contributed by atoms with Crippen LogP contribution in [0.3, 0.4) is 0 Å². The third-order valence-electron chi connectivity index (χ3n) is 2.77. The van der Waals surface area contributed by atoms with E-state index in [1.807, 2.05) is 17.8 Å². The van der Waals surface area contributed by atoms with Gasteiger partial charge in [-0.05, 0) is 23.8 Å². The number of rotatable bonds is 7. The standard InChI is InChI=1S/C12H16N6O3/c1-10-7-14-16(8-10)5-2-4-13-12(19)9-17-6-3-11(15-17)18(20)21/h3,6-8H,2,4-5,9H2,1H3,(H,13,19). The summed E-state index contributed by atoms with van der Waals surface area (Å²) in [5, 5.41) is 21.0. The van der Waals surface area contributed by atoms with Crippen LogP contribution >= 0.6 is 0 Å². The molecular weight excluding hydrogens is 276 g/mol. The summed E-state index contributed by atoms with van der Waals surface area (Å²) < 4.78 is 3.06. The molecule has 0 saturated heterocycles. The van der Waals surface area contributed by atoms with Gasteiger partial charge in [0.1, 0.15) is 6.54 Å². The van der Waals surface area contributed by atoms with Crippen molar-refractivity contribution in [2.24, 2.45) is 0 Å². The van der Waals surface area contributed by atoms with E-state index in [9.17, 15) is 14.9 Å². The van der Waals surface area contributed by atoms with E-state index in [1.54, 1.807) is 6.20 Å². The lowest BCUT2D eigenvalue weighted by atomic mass is 10.4. The van der Waals surface area contributed by atoms with Crippen LogP contribution in [-0.4, -0.2) is 36.9 Å². The maximum atomic E-state index is 11.6. The van der Waals surface area contributed by atoms with Gasteiger partial charge in [0.05, 0.1) is 23.6 Å². The van der Waals surface area contributed by atoms with E-state index in [-0.39, 0.29) is 18.3 Å². The Morgan fingerprint density at radius 2 is 2.29 bits per heavy atom. The molecule has 0 fully saturated rings. The minimum absolute atomic E-state index is 0.0330. The van der Waals surface area contributed by atoms with E-state index in [4.69, 9.17) is 0 Å². The average Bonchev–Trinajstić information content (AvgIpc) is 3.04. The first kappa shape index (κ1) is 14.7. The molecule has 0 radical (unpaired) electrons. The smallest absolute Gasteiger partial charge is 0.358 e. The summed E-state index contributed by atoms with van der Waals surface area (Å²) in [5.41, 5.74) is 1.10. The summed E-state index contributed by atoms with van der Waals surface area (Å²) in [7, 11) is 0. The second-order valence-corrected chi connectivity index (χ2v) is 4.61. The van der Waals surface area contributed by atoms with Crippen molar-refractivity contribution in [2.45, 2.75) is 26.4 Å². The lowest BCUT2D eigenvalue weighted by Crippen LogP contribution is -2.29. The van der Waals surface area contributed by atoms with E-state index in [2.05, 4.69) is 15.5 Å². The Morgan fingerprint density at radius 1 is 1.48 bits per heavy atom. The predicted octanol–water partition coefficient (Wildman–Crippen LogP) is 0.503. The predicted molar refractivity (Wildman–Crippen MR) is 73.5 cm³/mol. The quantitative estimate of drug-likeness (QED) is 0.454. The van der Waals surface area contributed by atoms with Crippen LogP contribution in [0, 0.1) is 17.0 Å². The number of amides is 1. The second-order valence-electron chi connectivity index (χ2n) is 4.61. The van der Waals surface area contributed by atoms with Crippen LogP contribution in [0.15, 0.2) is 24.7 Å². The molecular formula is C12H16N6O3. The summed E-state index contributed by atoms with van der Waals surface area (Å²) in [6.45, 7) is 3.17. The van der Waals surface area contributed by atoms with Crippen molar-refractivity contribution >= 4 is 11.7 Å². The number of aromatic nitrogens is 4. The highest BCUT2D eigenvalue weighted by Crippen LogP contribution is 2.04. The molecule has 0 aliphatic heterocycles. The zero-order valence-electron chi connectivity index (χ0n) is 11.6. The highest BCUT2D eigenvalue weighted by Gasteiger charge is 2.12. The zero-order valence-corrected chi connectivity index (χ0v) is 11.6. The topological polar surface area (TPSA) is 108 Å². The fraction of sp³-hybridized carbons (Fsp3) is 0.417. The lowest BCUT2D eigenvalue weighted by molar-refractivity contribution is -0.389. The number of hydrogen-bond donors (Lipinski definition) is 1. The molecule has 0 spiro atoms. The number of hydrogen-bond acceptors (Lipinski definition) is 5. The highest BCUT2D eigenvalue weighted by atomic mass is 16.6. The van der Waals surface area contributed by atoms with Crippen molar-refractivity contribution < 1.29 is 9.72 Å². The third-order valence-corrected chi connectivity index (χ3v) is 2.77. The van der Waals surface area contributed by atoms with Crippen LogP contribution in [0.4, 0.5) is 5.82 Å². The molecule has 0 atom stereocenters. The molecule has 0 aliphatic rings. The van der Waals surface area contributed by atoms with Gasteiger partial charge in [0, 0.05) is 19.3 Å². The van der Waals surface area contributed by atoms with Gasteiger partial charge in [0.15, 0.2) is 0 Å². The van der Waals surface area contributed by atoms with Crippen LogP contribution in [0.1, 0.15) is 12.0 Å². The van der Waals surface area contributed by atoms with Crippen LogP contribution < -0.4 is 5.32 Å². The minimum atomic E-state index is -0.597. The van der Waals surface area contributed by atoms with Gasteiger partial charge in [-0.3, -0.25) is 9.48 Å². The first-order chi connectivity index (χ1) is 10.0.